The largest absolute Gasteiger partial charge is 0.468 e. The molecular weight excluding hydrogens is 313 g/mol. The first-order chi connectivity index (χ1) is 8.20. The summed E-state index contributed by atoms with van der Waals surface area (Å²) in [4.78, 5) is 11.1. The van der Waals surface area contributed by atoms with Gasteiger partial charge in [0.2, 0.25) is 0 Å². The molecule has 0 saturated carbocycles. The number of nitrogens with two attached hydrogens (primary N) is 1. The molecule has 9 heteroatoms. The summed E-state index contributed by atoms with van der Waals surface area (Å²) < 4.78 is 55.8. The summed E-state index contributed by atoms with van der Waals surface area (Å²) in [6.07, 6.45) is -4.85. The van der Waals surface area contributed by atoms with Gasteiger partial charge in [0, 0.05) is 5.56 Å². The second-order valence-corrected chi connectivity index (χ2v) is 3.73. The van der Waals surface area contributed by atoms with Crippen LogP contribution >= 0.6 is 24.0 Å². The van der Waals surface area contributed by atoms with E-state index in [2.05, 4.69) is 4.74 Å². The van der Waals surface area contributed by atoms with Gasteiger partial charge in [-0.25, -0.2) is 4.39 Å². The Balaban J connectivity index is 0.00000324. The van der Waals surface area contributed by atoms with E-state index in [9.17, 15) is 22.4 Å². The predicted molar refractivity (Wildman–Crippen MR) is 62.6 cm³/mol. The number of methoxy groups -OCH3 is 1. The summed E-state index contributed by atoms with van der Waals surface area (Å²) >= 11 is 5.38. The lowest BCUT2D eigenvalue weighted by Crippen LogP contribution is -2.27. The topological polar surface area (TPSA) is 52.3 Å². The molecule has 0 spiro atoms. The van der Waals surface area contributed by atoms with Crippen molar-refractivity contribution in [2.75, 3.05) is 7.11 Å². The van der Waals surface area contributed by atoms with Crippen molar-refractivity contribution in [1.82, 2.24) is 0 Å². The maximum absolute atomic E-state index is 13.6. The van der Waals surface area contributed by atoms with Crippen LogP contribution in [0.3, 0.4) is 0 Å². The third-order valence-electron chi connectivity index (χ3n) is 2.20. The lowest BCUT2D eigenvalue weighted by atomic mass is 9.99. The number of hydrogen-bond donors (Lipinski definition) is 1. The van der Waals surface area contributed by atoms with E-state index in [0.29, 0.717) is 6.07 Å². The maximum Gasteiger partial charge on any atom is 0.416 e. The Hall–Kier alpha value is -1.05. The van der Waals surface area contributed by atoms with E-state index in [1.54, 1.807) is 0 Å². The summed E-state index contributed by atoms with van der Waals surface area (Å²) in [7, 11) is 0.928. The van der Waals surface area contributed by atoms with Crippen molar-refractivity contribution in [2.24, 2.45) is 5.73 Å². The van der Waals surface area contributed by atoms with Gasteiger partial charge in [-0.15, -0.1) is 12.4 Å². The molecule has 0 aliphatic heterocycles. The zero-order chi connectivity index (χ0) is 14.1. The van der Waals surface area contributed by atoms with Crippen LogP contribution in [0.2, 0.25) is 5.02 Å². The van der Waals surface area contributed by atoms with E-state index in [0.717, 1.165) is 13.2 Å². The molecule has 0 amide bonds. The molecular formula is C10H9Cl2F4NO2. The molecule has 1 rings (SSSR count). The van der Waals surface area contributed by atoms with Crippen LogP contribution in [0.25, 0.3) is 0 Å². The molecule has 0 saturated heterocycles. The Labute approximate surface area is 117 Å². The quantitative estimate of drug-likeness (QED) is 0.672. The van der Waals surface area contributed by atoms with Crippen molar-refractivity contribution in [3.63, 3.8) is 0 Å². The van der Waals surface area contributed by atoms with Crippen LogP contribution in [0.5, 0.6) is 0 Å². The van der Waals surface area contributed by atoms with Crippen molar-refractivity contribution < 1.29 is 27.1 Å². The Morgan fingerprint density at radius 3 is 2.37 bits per heavy atom. The van der Waals surface area contributed by atoms with Gasteiger partial charge in [0.05, 0.1) is 17.7 Å². The summed E-state index contributed by atoms with van der Waals surface area (Å²) in [5.74, 6) is -2.58. The van der Waals surface area contributed by atoms with E-state index in [1.807, 2.05) is 0 Å². The molecule has 1 aromatic rings. The number of alkyl halides is 3. The molecule has 19 heavy (non-hydrogen) atoms. The van der Waals surface area contributed by atoms with E-state index in [1.165, 1.54) is 0 Å². The second-order valence-electron chi connectivity index (χ2n) is 3.32. The van der Waals surface area contributed by atoms with Gasteiger partial charge in [-0.2, -0.15) is 13.2 Å². The lowest BCUT2D eigenvalue weighted by molar-refractivity contribution is -0.144. The van der Waals surface area contributed by atoms with Crippen LogP contribution < -0.4 is 5.73 Å². The van der Waals surface area contributed by atoms with Crippen LogP contribution in [-0.4, -0.2) is 13.1 Å². The molecule has 0 heterocycles. The molecule has 2 N–H and O–H groups in total. The summed E-state index contributed by atoms with van der Waals surface area (Å²) in [5, 5.41) is -0.558. The Morgan fingerprint density at radius 1 is 1.42 bits per heavy atom. The Bertz CT molecular complexity index is 479. The number of ether oxygens (including phenoxy) is 1. The van der Waals surface area contributed by atoms with Crippen LogP contribution in [0.4, 0.5) is 17.6 Å². The molecule has 108 valence electrons. The van der Waals surface area contributed by atoms with Gasteiger partial charge in [0.15, 0.2) is 0 Å². The maximum atomic E-state index is 13.6. The van der Waals surface area contributed by atoms with Crippen molar-refractivity contribution in [1.29, 1.82) is 0 Å². The van der Waals surface area contributed by atoms with Crippen molar-refractivity contribution >= 4 is 30.0 Å². The minimum Gasteiger partial charge on any atom is -0.468 e. The minimum atomic E-state index is -4.85. The van der Waals surface area contributed by atoms with Gasteiger partial charge in [-0.05, 0) is 12.1 Å². The van der Waals surface area contributed by atoms with E-state index >= 15 is 0 Å². The van der Waals surface area contributed by atoms with Gasteiger partial charge in [0.1, 0.15) is 11.9 Å². The number of rotatable bonds is 2. The third-order valence-corrected chi connectivity index (χ3v) is 2.50. The van der Waals surface area contributed by atoms with E-state index < -0.39 is 40.2 Å². The number of benzene rings is 1. The predicted octanol–water partition coefficient (Wildman–Crippen LogP) is 3.09. The second kappa shape index (κ2) is 6.40. The average Bonchev–Trinajstić information content (AvgIpc) is 2.29. The summed E-state index contributed by atoms with van der Waals surface area (Å²) in [5.41, 5.74) is 2.86. The molecule has 0 bridgehead atoms. The van der Waals surface area contributed by atoms with Crippen molar-refractivity contribution in [2.45, 2.75) is 12.2 Å². The SMILES string of the molecule is COC(=O)[C@@H](N)c1c(C(F)(F)F)ccc(Cl)c1F.Cl. The van der Waals surface area contributed by atoms with Crippen LogP contribution in [0.15, 0.2) is 12.1 Å². The zero-order valence-corrected chi connectivity index (χ0v) is 11.0. The minimum absolute atomic E-state index is 0. The Kier molecular flexibility index (Phi) is 6.05. The summed E-state index contributed by atoms with van der Waals surface area (Å²) in [6, 6.07) is -0.596. The zero-order valence-electron chi connectivity index (χ0n) is 9.42. The number of halogens is 6. The van der Waals surface area contributed by atoms with Crippen LogP contribution in [-0.2, 0) is 15.7 Å². The number of esters is 1. The highest BCUT2D eigenvalue weighted by molar-refractivity contribution is 6.30. The fourth-order valence-corrected chi connectivity index (χ4v) is 1.53. The van der Waals surface area contributed by atoms with Gasteiger partial charge >= 0.3 is 12.1 Å². The van der Waals surface area contributed by atoms with E-state index in [4.69, 9.17) is 17.3 Å². The monoisotopic (exact) mass is 321 g/mol. The smallest absolute Gasteiger partial charge is 0.416 e. The van der Waals surface area contributed by atoms with Gasteiger partial charge in [0.25, 0.3) is 0 Å². The fourth-order valence-electron chi connectivity index (χ4n) is 1.36. The standard InChI is InChI=1S/C10H8ClF4NO2.ClH/c1-18-9(17)8(16)6-4(10(13,14)15)2-3-5(11)7(6)12;/h2-3,8H,16H2,1H3;1H/t8-;/m0./s1. The molecule has 0 unspecified atom stereocenters. The van der Waals surface area contributed by atoms with E-state index in [-0.39, 0.29) is 12.4 Å². The molecule has 1 aromatic carbocycles. The average molecular weight is 322 g/mol. The highest BCUT2D eigenvalue weighted by Crippen LogP contribution is 2.37. The molecule has 0 aliphatic carbocycles. The van der Waals surface area contributed by atoms with Gasteiger partial charge in [-0.1, -0.05) is 11.6 Å². The van der Waals surface area contributed by atoms with Gasteiger partial charge < -0.3 is 10.5 Å². The molecule has 1 atom stereocenters. The molecule has 0 radical (unpaired) electrons. The number of carbonyl (C=O) groups excluding carboxylic acids is 1. The highest BCUT2D eigenvalue weighted by Gasteiger charge is 2.38. The molecule has 3 nitrogen and oxygen atoms in total. The van der Waals surface area contributed by atoms with Gasteiger partial charge in [-0.3, -0.25) is 4.79 Å². The van der Waals surface area contributed by atoms with Crippen molar-refractivity contribution in [3.05, 3.63) is 34.1 Å². The first-order valence-corrected chi connectivity index (χ1v) is 4.96. The highest BCUT2D eigenvalue weighted by atomic mass is 35.5. The first kappa shape index (κ1) is 17.9. The van der Waals surface area contributed by atoms with Crippen molar-refractivity contribution in [3.8, 4) is 0 Å². The number of hydrogen-bond acceptors (Lipinski definition) is 3. The normalized spacial score (nSPS) is 12.6. The first-order valence-electron chi connectivity index (χ1n) is 4.58. The third kappa shape index (κ3) is 3.71. The lowest BCUT2D eigenvalue weighted by Gasteiger charge is -2.18. The van der Waals surface area contributed by atoms with Crippen LogP contribution in [0, 0.1) is 5.82 Å². The number of carbonyl (C=O) groups is 1. The fraction of sp³-hybridized carbons (Fsp3) is 0.300. The summed E-state index contributed by atoms with van der Waals surface area (Å²) in [6.45, 7) is 0. The molecule has 0 aromatic heterocycles. The van der Waals surface area contributed by atoms with Crippen LogP contribution in [0.1, 0.15) is 17.2 Å². The molecule has 0 fully saturated rings. The Morgan fingerprint density at radius 2 is 1.95 bits per heavy atom. The molecule has 0 aliphatic rings.